The fourth-order valence-corrected chi connectivity index (χ4v) is 3.44. The Labute approximate surface area is 121 Å². The molecule has 106 valence electrons. The van der Waals surface area contributed by atoms with Crippen LogP contribution >= 0.6 is 11.6 Å². The molecule has 0 aromatic heterocycles. The number of hydrogen-bond acceptors (Lipinski definition) is 2. The van der Waals surface area contributed by atoms with Gasteiger partial charge in [-0.25, -0.2) is 0 Å². The summed E-state index contributed by atoms with van der Waals surface area (Å²) in [6, 6.07) is 7.08. The van der Waals surface area contributed by atoms with E-state index < -0.39 is 0 Å². The zero-order valence-corrected chi connectivity index (χ0v) is 13.0. The maximum Gasteiger partial charge on any atom is 0.0476 e. The normalized spacial score (nSPS) is 26.4. The molecule has 1 heterocycles. The molecule has 3 atom stereocenters. The minimum absolute atomic E-state index is 0.315. The van der Waals surface area contributed by atoms with Gasteiger partial charge >= 0.3 is 0 Å². The number of aryl methyl sites for hydroxylation is 1. The zero-order valence-electron chi connectivity index (χ0n) is 12.2. The Morgan fingerprint density at radius 2 is 2.11 bits per heavy atom. The third kappa shape index (κ3) is 3.31. The van der Waals surface area contributed by atoms with Crippen molar-refractivity contribution in [3.63, 3.8) is 0 Å². The van der Waals surface area contributed by atoms with Crippen LogP contribution in [0, 0.1) is 12.8 Å². The SMILES string of the molecule is Cc1cc(Cl)ccc1C(CN)N1CC(C)CCC1C. The third-order valence-corrected chi connectivity index (χ3v) is 4.62. The van der Waals surface area contributed by atoms with Crippen LogP contribution in [0.2, 0.25) is 5.02 Å². The van der Waals surface area contributed by atoms with Gasteiger partial charge in [0.05, 0.1) is 0 Å². The Bertz CT molecular complexity index is 433. The summed E-state index contributed by atoms with van der Waals surface area (Å²) in [6.07, 6.45) is 2.60. The number of nitrogens with two attached hydrogens (primary N) is 1. The second-order valence-electron chi connectivity index (χ2n) is 5.98. The van der Waals surface area contributed by atoms with Crippen LogP contribution in [-0.4, -0.2) is 24.0 Å². The highest BCUT2D eigenvalue weighted by molar-refractivity contribution is 6.30. The molecule has 0 bridgehead atoms. The molecule has 0 aliphatic carbocycles. The molecule has 0 spiro atoms. The number of likely N-dealkylation sites (tertiary alicyclic amines) is 1. The van der Waals surface area contributed by atoms with E-state index in [1.807, 2.05) is 12.1 Å². The molecule has 2 rings (SSSR count). The van der Waals surface area contributed by atoms with E-state index in [1.54, 1.807) is 0 Å². The van der Waals surface area contributed by atoms with Crippen molar-refractivity contribution < 1.29 is 0 Å². The predicted molar refractivity (Wildman–Crippen MR) is 82.6 cm³/mol. The first-order valence-electron chi connectivity index (χ1n) is 7.24. The lowest BCUT2D eigenvalue weighted by Gasteiger charge is -2.42. The molecule has 19 heavy (non-hydrogen) atoms. The third-order valence-electron chi connectivity index (χ3n) is 4.38. The molecule has 1 aliphatic rings. The van der Waals surface area contributed by atoms with Gasteiger partial charge in [-0.1, -0.05) is 24.6 Å². The lowest BCUT2D eigenvalue weighted by atomic mass is 9.90. The summed E-state index contributed by atoms with van der Waals surface area (Å²) in [7, 11) is 0. The van der Waals surface area contributed by atoms with Crippen molar-refractivity contribution >= 4 is 11.6 Å². The molecule has 2 N–H and O–H groups in total. The Balaban J connectivity index is 2.27. The molecule has 1 saturated heterocycles. The second kappa shape index (κ2) is 6.25. The highest BCUT2D eigenvalue weighted by atomic mass is 35.5. The summed E-state index contributed by atoms with van der Waals surface area (Å²) in [5.74, 6) is 0.762. The summed E-state index contributed by atoms with van der Waals surface area (Å²) in [4.78, 5) is 2.57. The number of hydrogen-bond donors (Lipinski definition) is 1. The van der Waals surface area contributed by atoms with Crippen LogP contribution in [0.25, 0.3) is 0 Å². The van der Waals surface area contributed by atoms with Gasteiger partial charge in [-0.15, -0.1) is 0 Å². The van der Waals surface area contributed by atoms with E-state index in [0.29, 0.717) is 18.6 Å². The smallest absolute Gasteiger partial charge is 0.0476 e. The molecular formula is C16H25ClN2. The Hall–Kier alpha value is -0.570. The van der Waals surface area contributed by atoms with Gasteiger partial charge in [0.25, 0.3) is 0 Å². The molecule has 1 fully saturated rings. The number of halogens is 1. The molecule has 2 nitrogen and oxygen atoms in total. The molecule has 1 aliphatic heterocycles. The Morgan fingerprint density at radius 1 is 1.37 bits per heavy atom. The van der Waals surface area contributed by atoms with Crippen molar-refractivity contribution in [3.05, 3.63) is 34.3 Å². The summed E-state index contributed by atoms with van der Waals surface area (Å²) >= 11 is 6.06. The first-order valence-corrected chi connectivity index (χ1v) is 7.62. The van der Waals surface area contributed by atoms with Crippen LogP contribution in [0.3, 0.4) is 0 Å². The second-order valence-corrected chi connectivity index (χ2v) is 6.42. The number of piperidine rings is 1. The van der Waals surface area contributed by atoms with Gasteiger partial charge in [0.15, 0.2) is 0 Å². The Morgan fingerprint density at radius 3 is 2.74 bits per heavy atom. The van der Waals surface area contributed by atoms with Crippen molar-refractivity contribution in [3.8, 4) is 0 Å². The minimum Gasteiger partial charge on any atom is -0.329 e. The van der Waals surface area contributed by atoms with Crippen LogP contribution < -0.4 is 5.73 Å². The molecule has 0 saturated carbocycles. The van der Waals surface area contributed by atoms with Crippen molar-refractivity contribution in [1.29, 1.82) is 0 Å². The van der Waals surface area contributed by atoms with Crippen LogP contribution in [-0.2, 0) is 0 Å². The zero-order chi connectivity index (χ0) is 14.0. The van der Waals surface area contributed by atoms with Gasteiger partial charge in [0.2, 0.25) is 0 Å². The molecular weight excluding hydrogens is 256 g/mol. The monoisotopic (exact) mass is 280 g/mol. The largest absolute Gasteiger partial charge is 0.329 e. The van der Waals surface area contributed by atoms with Gasteiger partial charge in [0.1, 0.15) is 0 Å². The van der Waals surface area contributed by atoms with E-state index in [0.717, 1.165) is 17.5 Å². The molecule has 1 aromatic rings. The van der Waals surface area contributed by atoms with E-state index in [-0.39, 0.29) is 0 Å². The highest BCUT2D eigenvalue weighted by Gasteiger charge is 2.29. The molecule has 1 aromatic carbocycles. The average molecular weight is 281 g/mol. The molecule has 0 radical (unpaired) electrons. The van der Waals surface area contributed by atoms with Crippen LogP contribution in [0.1, 0.15) is 43.9 Å². The fraction of sp³-hybridized carbons (Fsp3) is 0.625. The molecule has 3 heteroatoms. The van der Waals surface area contributed by atoms with Gasteiger partial charge in [-0.2, -0.15) is 0 Å². The maximum atomic E-state index is 6.08. The summed E-state index contributed by atoms with van der Waals surface area (Å²) in [5, 5.41) is 0.803. The quantitative estimate of drug-likeness (QED) is 0.913. The first kappa shape index (κ1) is 14.8. The van der Waals surface area contributed by atoms with Gasteiger partial charge in [-0.05, 0) is 55.9 Å². The van der Waals surface area contributed by atoms with Gasteiger partial charge in [-0.3, -0.25) is 4.90 Å². The van der Waals surface area contributed by atoms with Crippen molar-refractivity contribution in [2.24, 2.45) is 11.7 Å². The number of nitrogens with zero attached hydrogens (tertiary/aromatic N) is 1. The van der Waals surface area contributed by atoms with E-state index in [4.69, 9.17) is 17.3 Å². The fourth-order valence-electron chi connectivity index (χ4n) is 3.21. The topological polar surface area (TPSA) is 29.3 Å². The van der Waals surface area contributed by atoms with E-state index in [1.165, 1.54) is 24.0 Å². The van der Waals surface area contributed by atoms with Crippen LogP contribution in [0.4, 0.5) is 0 Å². The van der Waals surface area contributed by atoms with Gasteiger partial charge < -0.3 is 5.73 Å². The number of benzene rings is 1. The lowest BCUT2D eigenvalue weighted by molar-refractivity contribution is 0.0795. The predicted octanol–water partition coefficient (Wildman–Crippen LogP) is 3.77. The molecule has 3 unspecified atom stereocenters. The van der Waals surface area contributed by atoms with Gasteiger partial charge in [0, 0.05) is 30.2 Å². The van der Waals surface area contributed by atoms with Crippen molar-refractivity contribution in [2.45, 2.75) is 45.7 Å². The summed E-state index contributed by atoms with van der Waals surface area (Å²) in [5.41, 5.74) is 8.65. The minimum atomic E-state index is 0.315. The number of rotatable bonds is 3. The standard InChI is InChI=1S/C16H25ClN2/c1-11-4-5-13(3)19(10-11)16(9-18)15-7-6-14(17)8-12(15)2/h6-8,11,13,16H,4-5,9-10,18H2,1-3H3. The van der Waals surface area contributed by atoms with Crippen molar-refractivity contribution in [2.75, 3.05) is 13.1 Å². The lowest BCUT2D eigenvalue weighted by Crippen LogP contribution is -2.45. The highest BCUT2D eigenvalue weighted by Crippen LogP contribution is 2.32. The first-order chi connectivity index (χ1) is 9.02. The average Bonchev–Trinajstić information content (AvgIpc) is 2.36. The van der Waals surface area contributed by atoms with Crippen LogP contribution in [0.15, 0.2) is 18.2 Å². The van der Waals surface area contributed by atoms with E-state index in [2.05, 4.69) is 31.7 Å². The van der Waals surface area contributed by atoms with E-state index in [9.17, 15) is 0 Å². The summed E-state index contributed by atoms with van der Waals surface area (Å²) in [6.45, 7) is 8.59. The van der Waals surface area contributed by atoms with Crippen molar-refractivity contribution in [1.82, 2.24) is 4.90 Å². The summed E-state index contributed by atoms with van der Waals surface area (Å²) < 4.78 is 0. The molecule has 0 amide bonds. The Kier molecular flexibility index (Phi) is 4.88. The van der Waals surface area contributed by atoms with E-state index >= 15 is 0 Å². The van der Waals surface area contributed by atoms with Crippen LogP contribution in [0.5, 0.6) is 0 Å². The maximum absolute atomic E-state index is 6.08.